The van der Waals surface area contributed by atoms with Crippen LogP contribution in [0.15, 0.2) is 143 Å². The Bertz CT molecular complexity index is 2360. The molecule has 9 aromatic rings. The third-order valence-corrected chi connectivity index (χ3v) is 8.06. The third kappa shape index (κ3) is 3.89. The summed E-state index contributed by atoms with van der Waals surface area (Å²) in [6.07, 6.45) is 3.54. The Labute approximate surface area is 251 Å². The topological polar surface area (TPSA) is 77.8 Å². The first-order valence-corrected chi connectivity index (χ1v) is 14.4. The van der Waals surface area contributed by atoms with Gasteiger partial charge < -0.3 is 8.83 Å². The summed E-state index contributed by atoms with van der Waals surface area (Å²) in [5, 5.41) is 3.89. The fraction of sp³-hybridized carbons (Fsp3) is 0. The number of pyridine rings is 1. The minimum atomic E-state index is 0.520. The van der Waals surface area contributed by atoms with Crippen LogP contribution in [-0.2, 0) is 0 Å². The maximum Gasteiger partial charge on any atom is 0.166 e. The zero-order chi connectivity index (χ0) is 29.0. The van der Waals surface area contributed by atoms with E-state index in [9.17, 15) is 0 Å². The molecule has 4 aromatic heterocycles. The van der Waals surface area contributed by atoms with Crippen LogP contribution in [0.1, 0.15) is 0 Å². The van der Waals surface area contributed by atoms with Crippen molar-refractivity contribution in [1.82, 2.24) is 19.9 Å². The minimum absolute atomic E-state index is 0.520. The first-order chi connectivity index (χ1) is 21.8. The Kier molecular flexibility index (Phi) is 5.40. The van der Waals surface area contributed by atoms with Crippen molar-refractivity contribution in [2.45, 2.75) is 0 Å². The zero-order valence-electron chi connectivity index (χ0n) is 23.3. The predicted octanol–water partition coefficient (Wildman–Crippen LogP) is 9.73. The molecule has 0 saturated heterocycles. The van der Waals surface area contributed by atoms with Crippen molar-refractivity contribution in [3.05, 3.63) is 134 Å². The molecule has 0 atom stereocenters. The van der Waals surface area contributed by atoms with E-state index in [1.54, 1.807) is 12.4 Å². The Morgan fingerprint density at radius 3 is 1.66 bits per heavy atom. The van der Waals surface area contributed by atoms with Crippen molar-refractivity contribution in [2.24, 2.45) is 0 Å². The van der Waals surface area contributed by atoms with Gasteiger partial charge in [0.1, 0.15) is 16.7 Å². The van der Waals surface area contributed by atoms with Crippen molar-refractivity contribution >= 4 is 43.9 Å². The second-order valence-corrected chi connectivity index (χ2v) is 10.7. The first kappa shape index (κ1) is 24.5. The number of aromatic nitrogens is 4. The lowest BCUT2D eigenvalue weighted by Gasteiger charge is -2.10. The molecule has 0 amide bonds. The molecule has 4 heterocycles. The summed E-state index contributed by atoms with van der Waals surface area (Å²) in [5.74, 6) is 1.64. The molecule has 0 aliphatic rings. The molecular formula is C38H22N4O2. The molecule has 0 radical (unpaired) electrons. The monoisotopic (exact) mass is 566 g/mol. The van der Waals surface area contributed by atoms with Crippen LogP contribution in [0.3, 0.4) is 0 Å². The highest BCUT2D eigenvalue weighted by molar-refractivity contribution is 6.13. The number of fused-ring (bicyclic) bond motifs is 6. The quantitative estimate of drug-likeness (QED) is 0.211. The van der Waals surface area contributed by atoms with Crippen molar-refractivity contribution in [2.75, 3.05) is 0 Å². The summed E-state index contributed by atoms with van der Waals surface area (Å²) in [7, 11) is 0. The van der Waals surface area contributed by atoms with Crippen LogP contribution in [0.4, 0.5) is 0 Å². The Morgan fingerprint density at radius 2 is 0.909 bits per heavy atom. The second kappa shape index (κ2) is 9.71. The highest BCUT2D eigenvalue weighted by Gasteiger charge is 2.20. The van der Waals surface area contributed by atoms with Gasteiger partial charge in [0.2, 0.25) is 0 Å². The van der Waals surface area contributed by atoms with E-state index in [4.69, 9.17) is 23.8 Å². The van der Waals surface area contributed by atoms with Crippen LogP contribution in [-0.4, -0.2) is 19.9 Å². The van der Waals surface area contributed by atoms with Gasteiger partial charge in [-0.1, -0.05) is 103 Å². The van der Waals surface area contributed by atoms with Crippen molar-refractivity contribution in [3.63, 3.8) is 0 Å². The van der Waals surface area contributed by atoms with E-state index < -0.39 is 0 Å². The standard InChI is InChI=1S/C38H22N4O2/c1-2-9-23(10-3-1)24-17-19-25(20-18-24)36-40-37(28-13-8-16-32-34(28)26-11-4-6-14-30(26)43-32)42-38(41-36)29-21-39-22-33-35(29)27-12-5-7-15-31(27)44-33/h1-22H. The van der Waals surface area contributed by atoms with Crippen LogP contribution in [0.5, 0.6) is 0 Å². The van der Waals surface area contributed by atoms with Crippen molar-refractivity contribution < 1.29 is 8.83 Å². The van der Waals surface area contributed by atoms with E-state index in [0.29, 0.717) is 23.1 Å². The molecule has 0 N–H and O–H groups in total. The molecule has 206 valence electrons. The number of nitrogens with zero attached hydrogens (tertiary/aromatic N) is 4. The first-order valence-electron chi connectivity index (χ1n) is 14.4. The molecule has 0 spiro atoms. The largest absolute Gasteiger partial charge is 0.456 e. The molecule has 0 bridgehead atoms. The fourth-order valence-electron chi connectivity index (χ4n) is 6.00. The summed E-state index contributed by atoms with van der Waals surface area (Å²) in [5.41, 5.74) is 7.88. The van der Waals surface area contributed by atoms with Gasteiger partial charge in [-0.3, -0.25) is 4.98 Å². The van der Waals surface area contributed by atoms with Gasteiger partial charge in [0.15, 0.2) is 23.1 Å². The van der Waals surface area contributed by atoms with Gasteiger partial charge in [0.05, 0.1) is 6.20 Å². The molecule has 0 aliphatic heterocycles. The van der Waals surface area contributed by atoms with Gasteiger partial charge >= 0.3 is 0 Å². The summed E-state index contributed by atoms with van der Waals surface area (Å²) in [4.78, 5) is 19.7. The maximum absolute atomic E-state index is 6.20. The average Bonchev–Trinajstić information content (AvgIpc) is 3.67. The zero-order valence-corrected chi connectivity index (χ0v) is 23.3. The molecule has 6 heteroatoms. The van der Waals surface area contributed by atoms with E-state index in [-0.39, 0.29) is 0 Å². The average molecular weight is 567 g/mol. The normalized spacial score (nSPS) is 11.6. The van der Waals surface area contributed by atoms with E-state index in [1.165, 1.54) is 0 Å². The highest BCUT2D eigenvalue weighted by Crippen LogP contribution is 2.38. The fourth-order valence-corrected chi connectivity index (χ4v) is 6.00. The Morgan fingerprint density at radius 1 is 0.364 bits per heavy atom. The molecule has 9 rings (SSSR count). The molecule has 5 aromatic carbocycles. The summed E-state index contributed by atoms with van der Waals surface area (Å²) in [6, 6.07) is 40.7. The Hall–Kier alpha value is -6.14. The SMILES string of the molecule is c1ccc(-c2ccc(-c3nc(-c4cccc5oc6ccccc6c45)nc(-c4cncc5oc6ccccc6c45)n3)cc2)cc1. The number of furan rings is 2. The van der Waals surface area contributed by atoms with Gasteiger partial charge in [-0.25, -0.2) is 15.0 Å². The number of benzene rings is 5. The van der Waals surface area contributed by atoms with Gasteiger partial charge in [0, 0.05) is 44.4 Å². The number of hydrogen-bond acceptors (Lipinski definition) is 6. The van der Waals surface area contributed by atoms with E-state index in [1.807, 2.05) is 78.9 Å². The smallest absolute Gasteiger partial charge is 0.166 e. The van der Waals surface area contributed by atoms with Crippen LogP contribution < -0.4 is 0 Å². The molecular weight excluding hydrogens is 544 g/mol. The van der Waals surface area contributed by atoms with E-state index in [2.05, 4.69) is 47.4 Å². The second-order valence-electron chi connectivity index (χ2n) is 10.7. The van der Waals surface area contributed by atoms with Gasteiger partial charge in [-0.15, -0.1) is 0 Å². The molecule has 0 unspecified atom stereocenters. The number of rotatable bonds is 4. The van der Waals surface area contributed by atoms with E-state index >= 15 is 0 Å². The molecule has 44 heavy (non-hydrogen) atoms. The van der Waals surface area contributed by atoms with Gasteiger partial charge in [-0.05, 0) is 29.3 Å². The highest BCUT2D eigenvalue weighted by atomic mass is 16.3. The van der Waals surface area contributed by atoms with Gasteiger partial charge in [0.25, 0.3) is 0 Å². The predicted molar refractivity (Wildman–Crippen MR) is 174 cm³/mol. The maximum atomic E-state index is 6.20. The van der Waals surface area contributed by atoms with Crippen LogP contribution in [0, 0.1) is 0 Å². The lowest BCUT2D eigenvalue weighted by molar-refractivity contribution is 0.667. The summed E-state index contributed by atoms with van der Waals surface area (Å²) >= 11 is 0. The van der Waals surface area contributed by atoms with Crippen LogP contribution >= 0.6 is 0 Å². The molecule has 6 nitrogen and oxygen atoms in total. The van der Waals surface area contributed by atoms with Crippen molar-refractivity contribution in [1.29, 1.82) is 0 Å². The molecule has 0 saturated carbocycles. The Balaban J connectivity index is 1.30. The summed E-state index contributed by atoms with van der Waals surface area (Å²) in [6.45, 7) is 0. The molecule has 0 fully saturated rings. The van der Waals surface area contributed by atoms with Crippen LogP contribution in [0.25, 0.3) is 89.2 Å². The van der Waals surface area contributed by atoms with Gasteiger partial charge in [-0.2, -0.15) is 0 Å². The third-order valence-electron chi connectivity index (χ3n) is 8.06. The number of hydrogen-bond donors (Lipinski definition) is 0. The molecule has 0 aliphatic carbocycles. The summed E-state index contributed by atoms with van der Waals surface area (Å²) < 4.78 is 12.4. The lowest BCUT2D eigenvalue weighted by atomic mass is 10.0. The minimum Gasteiger partial charge on any atom is -0.456 e. The van der Waals surface area contributed by atoms with E-state index in [0.717, 1.165) is 66.1 Å². The lowest BCUT2D eigenvalue weighted by Crippen LogP contribution is -2.01. The van der Waals surface area contributed by atoms with Crippen molar-refractivity contribution in [3.8, 4) is 45.3 Å². The number of para-hydroxylation sites is 2. The van der Waals surface area contributed by atoms with Crippen LogP contribution in [0.2, 0.25) is 0 Å².